The number of piperidine rings is 1. The van der Waals surface area contributed by atoms with Gasteiger partial charge in [0, 0.05) is 13.1 Å². The molecule has 0 unspecified atom stereocenters. The van der Waals surface area contributed by atoms with Crippen molar-refractivity contribution in [2.75, 3.05) is 19.3 Å². The van der Waals surface area contributed by atoms with Gasteiger partial charge in [-0.3, -0.25) is 0 Å². The Morgan fingerprint density at radius 3 is 2.16 bits per heavy atom. The van der Waals surface area contributed by atoms with E-state index >= 15 is 0 Å². The summed E-state index contributed by atoms with van der Waals surface area (Å²) in [6.45, 7) is 5.89. The van der Waals surface area contributed by atoms with Crippen LogP contribution in [-0.2, 0) is 10.0 Å². The van der Waals surface area contributed by atoms with E-state index in [2.05, 4.69) is 5.16 Å². The summed E-state index contributed by atoms with van der Waals surface area (Å²) in [6.07, 6.45) is 3.00. The van der Waals surface area contributed by atoms with Crippen LogP contribution in [0.15, 0.2) is 5.16 Å². The standard InChI is InChI=1S/C11H23N3O3S2/c1-10(2,3)19(16,17)14-7-5-11(18-4,6-8-14)9(12)13-15/h15H,5-8H2,1-4H3,(H2,12,13). The molecule has 0 bridgehead atoms. The highest BCUT2D eigenvalue weighted by Gasteiger charge is 2.43. The second-order valence-electron chi connectivity index (χ2n) is 5.70. The molecule has 3 N–H and O–H groups in total. The first-order chi connectivity index (χ1) is 8.60. The number of thioether (sulfide) groups is 1. The lowest BCUT2D eigenvalue weighted by Gasteiger charge is -2.41. The SMILES string of the molecule is CSC1(C(N)=NO)CCN(S(=O)(=O)C(C)(C)C)CC1. The summed E-state index contributed by atoms with van der Waals surface area (Å²) in [5.41, 5.74) is 5.74. The van der Waals surface area contributed by atoms with Crippen LogP contribution in [0, 0.1) is 0 Å². The van der Waals surface area contributed by atoms with Gasteiger partial charge in [0.05, 0.1) is 9.49 Å². The van der Waals surface area contributed by atoms with Crippen LogP contribution < -0.4 is 5.73 Å². The second-order valence-corrected chi connectivity index (χ2v) is 9.58. The molecule has 0 amide bonds. The minimum absolute atomic E-state index is 0.174. The number of rotatable bonds is 3. The molecule has 0 aromatic rings. The first-order valence-electron chi connectivity index (χ1n) is 6.13. The van der Waals surface area contributed by atoms with Crippen LogP contribution in [0.4, 0.5) is 0 Å². The van der Waals surface area contributed by atoms with Crippen LogP contribution in [0.25, 0.3) is 0 Å². The Morgan fingerprint density at radius 2 is 1.84 bits per heavy atom. The lowest BCUT2D eigenvalue weighted by molar-refractivity contribution is 0.298. The van der Waals surface area contributed by atoms with E-state index in [1.165, 1.54) is 16.1 Å². The Labute approximate surface area is 119 Å². The normalized spacial score (nSPS) is 22.4. The van der Waals surface area contributed by atoms with Crippen LogP contribution in [0.2, 0.25) is 0 Å². The monoisotopic (exact) mass is 309 g/mol. The molecule has 0 radical (unpaired) electrons. The van der Waals surface area contributed by atoms with E-state index in [1.54, 1.807) is 20.8 Å². The van der Waals surface area contributed by atoms with Gasteiger partial charge in [0.25, 0.3) is 0 Å². The Hall–Kier alpha value is -0.470. The van der Waals surface area contributed by atoms with Crippen LogP contribution in [0.3, 0.4) is 0 Å². The molecule has 8 heteroatoms. The first kappa shape index (κ1) is 16.6. The lowest BCUT2D eigenvalue weighted by Crippen LogP contribution is -2.54. The molecule has 0 aliphatic carbocycles. The van der Waals surface area contributed by atoms with Crippen LogP contribution >= 0.6 is 11.8 Å². The smallest absolute Gasteiger partial charge is 0.219 e. The van der Waals surface area contributed by atoms with Gasteiger partial charge in [-0.1, -0.05) is 5.16 Å². The van der Waals surface area contributed by atoms with Crippen LogP contribution in [-0.4, -0.2) is 52.6 Å². The van der Waals surface area contributed by atoms with Gasteiger partial charge >= 0.3 is 0 Å². The highest BCUT2D eigenvalue weighted by molar-refractivity contribution is 8.00. The molecule has 0 aromatic heterocycles. The van der Waals surface area contributed by atoms with Crippen LogP contribution in [0.1, 0.15) is 33.6 Å². The molecular weight excluding hydrogens is 286 g/mol. The number of hydrogen-bond acceptors (Lipinski definition) is 5. The molecule has 0 spiro atoms. The van der Waals surface area contributed by atoms with Crippen molar-refractivity contribution in [1.29, 1.82) is 0 Å². The van der Waals surface area contributed by atoms with Crippen LogP contribution in [0.5, 0.6) is 0 Å². The molecule has 1 aliphatic rings. The Morgan fingerprint density at radius 1 is 1.37 bits per heavy atom. The molecular formula is C11H23N3O3S2. The number of hydrogen-bond donors (Lipinski definition) is 2. The van der Waals surface area contributed by atoms with Crippen molar-refractivity contribution >= 4 is 27.6 Å². The fourth-order valence-electron chi connectivity index (χ4n) is 2.13. The van der Waals surface area contributed by atoms with Crippen molar-refractivity contribution in [3.8, 4) is 0 Å². The van der Waals surface area contributed by atoms with E-state index < -0.39 is 19.5 Å². The minimum Gasteiger partial charge on any atom is -0.409 e. The molecule has 1 rings (SSSR count). The van der Waals surface area contributed by atoms with Crippen molar-refractivity contribution in [3.63, 3.8) is 0 Å². The van der Waals surface area contributed by atoms with Crippen molar-refractivity contribution in [1.82, 2.24) is 4.31 Å². The molecule has 0 saturated carbocycles. The predicted octanol–water partition coefficient (Wildman–Crippen LogP) is 1.06. The van der Waals surface area contributed by atoms with E-state index in [1.807, 2.05) is 6.26 Å². The zero-order valence-electron chi connectivity index (χ0n) is 11.9. The summed E-state index contributed by atoms with van der Waals surface area (Å²) in [5, 5.41) is 12.0. The molecule has 1 fully saturated rings. The maximum absolute atomic E-state index is 12.4. The van der Waals surface area contributed by atoms with Gasteiger partial charge in [-0.2, -0.15) is 11.8 Å². The molecule has 1 saturated heterocycles. The summed E-state index contributed by atoms with van der Waals surface area (Å²) in [7, 11) is -3.31. The van der Waals surface area contributed by atoms with E-state index in [0.29, 0.717) is 25.9 Å². The summed E-state index contributed by atoms with van der Waals surface area (Å²) in [6, 6.07) is 0. The molecule has 0 atom stereocenters. The lowest BCUT2D eigenvalue weighted by atomic mass is 9.96. The van der Waals surface area contributed by atoms with Crippen molar-refractivity contribution < 1.29 is 13.6 Å². The highest BCUT2D eigenvalue weighted by atomic mass is 32.2. The first-order valence-corrected chi connectivity index (χ1v) is 8.80. The fourth-order valence-corrected chi connectivity index (χ4v) is 4.41. The summed E-state index contributed by atoms with van der Waals surface area (Å²) in [5.74, 6) is 0.174. The average Bonchev–Trinajstić information content (AvgIpc) is 2.36. The van der Waals surface area contributed by atoms with Crippen molar-refractivity contribution in [2.24, 2.45) is 10.9 Å². The third-order valence-electron chi connectivity index (χ3n) is 3.61. The third kappa shape index (κ3) is 3.00. The van der Waals surface area contributed by atoms with Gasteiger partial charge in [0.1, 0.15) is 0 Å². The quantitative estimate of drug-likeness (QED) is 0.352. The number of sulfonamides is 1. The summed E-state index contributed by atoms with van der Waals surface area (Å²) >= 11 is 1.51. The maximum atomic E-state index is 12.4. The fraction of sp³-hybridized carbons (Fsp3) is 0.909. The number of nitrogens with zero attached hydrogens (tertiary/aromatic N) is 2. The predicted molar refractivity (Wildman–Crippen MR) is 79.1 cm³/mol. The number of amidine groups is 1. The molecule has 112 valence electrons. The Kier molecular flexibility index (Phi) is 4.79. The molecule has 1 heterocycles. The van der Waals surface area contributed by atoms with Crippen molar-refractivity contribution in [3.05, 3.63) is 0 Å². The van der Waals surface area contributed by atoms with E-state index in [0.717, 1.165) is 0 Å². The van der Waals surface area contributed by atoms with Gasteiger partial charge in [0.2, 0.25) is 10.0 Å². The largest absolute Gasteiger partial charge is 0.409 e. The van der Waals surface area contributed by atoms with E-state index in [4.69, 9.17) is 10.9 Å². The van der Waals surface area contributed by atoms with Crippen molar-refractivity contribution in [2.45, 2.75) is 43.1 Å². The zero-order chi connectivity index (χ0) is 14.9. The van der Waals surface area contributed by atoms with Gasteiger partial charge in [-0.05, 0) is 39.9 Å². The average molecular weight is 309 g/mol. The van der Waals surface area contributed by atoms with Gasteiger partial charge in [-0.25, -0.2) is 12.7 Å². The second kappa shape index (κ2) is 5.49. The number of oxime groups is 1. The molecule has 6 nitrogen and oxygen atoms in total. The molecule has 0 aromatic carbocycles. The Balaban J connectivity index is 2.89. The topological polar surface area (TPSA) is 96.0 Å². The summed E-state index contributed by atoms with van der Waals surface area (Å²) in [4.78, 5) is 0. The third-order valence-corrected chi connectivity index (χ3v) is 7.60. The van der Waals surface area contributed by atoms with E-state index in [-0.39, 0.29) is 5.84 Å². The zero-order valence-corrected chi connectivity index (χ0v) is 13.5. The molecule has 19 heavy (non-hydrogen) atoms. The Bertz CT molecular complexity index is 446. The highest BCUT2D eigenvalue weighted by Crippen LogP contribution is 2.36. The van der Waals surface area contributed by atoms with E-state index in [9.17, 15) is 8.42 Å². The molecule has 1 aliphatic heterocycles. The van der Waals surface area contributed by atoms with Gasteiger partial charge in [-0.15, -0.1) is 0 Å². The minimum atomic E-state index is -3.31. The maximum Gasteiger partial charge on any atom is 0.219 e. The van der Waals surface area contributed by atoms with Gasteiger partial charge in [0.15, 0.2) is 5.84 Å². The summed E-state index contributed by atoms with van der Waals surface area (Å²) < 4.78 is 25.0. The van der Waals surface area contributed by atoms with Gasteiger partial charge < -0.3 is 10.9 Å². The number of nitrogens with two attached hydrogens (primary N) is 1.